The molecule has 2 aromatic carbocycles. The minimum atomic E-state index is -0.483. The average Bonchev–Trinajstić information content (AvgIpc) is 2.81. The third kappa shape index (κ3) is 4.21. The molecule has 1 aliphatic heterocycles. The first-order chi connectivity index (χ1) is 13.4. The summed E-state index contributed by atoms with van der Waals surface area (Å²) in [5.41, 5.74) is 2.21. The molecule has 1 aliphatic rings. The first-order valence-corrected chi connectivity index (χ1v) is 9.10. The molecule has 1 atom stereocenters. The predicted molar refractivity (Wildman–Crippen MR) is 103 cm³/mol. The molecule has 0 aromatic heterocycles. The van der Waals surface area contributed by atoms with Crippen molar-refractivity contribution in [3.63, 3.8) is 0 Å². The van der Waals surface area contributed by atoms with E-state index in [1.165, 1.54) is 25.1 Å². The third-order valence-electron chi connectivity index (χ3n) is 4.77. The van der Waals surface area contributed by atoms with Crippen LogP contribution in [0.1, 0.15) is 37.4 Å². The number of nitrogens with zero attached hydrogens (tertiary/aromatic N) is 2. The monoisotopic (exact) mass is 387 g/mol. The summed E-state index contributed by atoms with van der Waals surface area (Å²) in [6, 6.07) is 9.02. The second kappa shape index (κ2) is 8.24. The van der Waals surface area contributed by atoms with Crippen LogP contribution in [0.15, 0.2) is 36.4 Å². The number of carbonyl (C=O) groups excluding carboxylic acids is 1. The van der Waals surface area contributed by atoms with E-state index in [1.807, 2.05) is 0 Å². The highest BCUT2D eigenvalue weighted by atomic mass is 19.1. The molecule has 0 saturated heterocycles. The number of amides is 1. The number of ether oxygens (including phenoxy) is 1. The Morgan fingerprint density at radius 1 is 1.36 bits per heavy atom. The number of hydrogen-bond acceptors (Lipinski definition) is 5. The molecule has 8 heteroatoms. The number of benzene rings is 2. The van der Waals surface area contributed by atoms with Crippen molar-refractivity contribution < 1.29 is 18.8 Å². The van der Waals surface area contributed by atoms with Gasteiger partial charge in [0.2, 0.25) is 5.91 Å². The molecule has 0 spiro atoms. The maximum Gasteiger partial charge on any atom is 0.311 e. The summed E-state index contributed by atoms with van der Waals surface area (Å²) in [4.78, 5) is 24.2. The predicted octanol–water partition coefficient (Wildman–Crippen LogP) is 4.04. The van der Waals surface area contributed by atoms with Crippen molar-refractivity contribution in [2.45, 2.75) is 32.9 Å². The summed E-state index contributed by atoms with van der Waals surface area (Å²) in [6.07, 6.45) is 0.624. The maximum absolute atomic E-state index is 13.8. The van der Waals surface area contributed by atoms with Gasteiger partial charge in [-0.05, 0) is 42.7 Å². The normalized spacial score (nSPS) is 16.1. The lowest BCUT2D eigenvalue weighted by atomic mass is 9.98. The molecule has 148 valence electrons. The van der Waals surface area contributed by atoms with Crippen LogP contribution in [0.25, 0.3) is 0 Å². The first kappa shape index (κ1) is 19.6. The van der Waals surface area contributed by atoms with Crippen LogP contribution in [-0.4, -0.2) is 28.9 Å². The Bertz CT molecular complexity index is 903. The van der Waals surface area contributed by atoms with Crippen LogP contribution in [0.5, 0.6) is 5.75 Å². The van der Waals surface area contributed by atoms with Gasteiger partial charge in [-0.25, -0.2) is 4.39 Å². The van der Waals surface area contributed by atoms with Crippen LogP contribution in [0.3, 0.4) is 0 Å². The first-order valence-electron chi connectivity index (χ1n) is 9.10. The molecule has 1 N–H and O–H groups in total. The van der Waals surface area contributed by atoms with Crippen molar-refractivity contribution in [3.8, 4) is 5.75 Å². The lowest BCUT2D eigenvalue weighted by molar-refractivity contribution is -0.385. The van der Waals surface area contributed by atoms with Gasteiger partial charge in [-0.2, -0.15) is 0 Å². The van der Waals surface area contributed by atoms with Gasteiger partial charge in [-0.15, -0.1) is 0 Å². The lowest BCUT2D eigenvalue weighted by Crippen LogP contribution is -2.28. The average molecular weight is 387 g/mol. The molecule has 0 saturated carbocycles. The molecule has 0 radical (unpaired) electrons. The largest absolute Gasteiger partial charge is 0.487 e. The van der Waals surface area contributed by atoms with Gasteiger partial charge in [0.1, 0.15) is 5.82 Å². The number of nitro groups is 1. The van der Waals surface area contributed by atoms with Crippen molar-refractivity contribution >= 4 is 17.3 Å². The Labute approximate surface area is 162 Å². The van der Waals surface area contributed by atoms with Crippen LogP contribution in [0.4, 0.5) is 15.8 Å². The lowest BCUT2D eigenvalue weighted by Gasteiger charge is -2.21. The summed E-state index contributed by atoms with van der Waals surface area (Å²) in [7, 11) is 0. The maximum atomic E-state index is 13.8. The van der Waals surface area contributed by atoms with Gasteiger partial charge in [0.05, 0.1) is 17.6 Å². The number of nitro benzene ring substituents is 1. The number of halogens is 1. The minimum Gasteiger partial charge on any atom is -0.487 e. The Morgan fingerprint density at radius 3 is 2.82 bits per heavy atom. The standard InChI is InChI=1S/C20H22FN3O4/c1-3-28-20-11-16(5-7-19(20)24(26)27)22-18-8-9-23(13(2)25)12-14-10-15(21)4-6-17(14)18/h4-7,10-11,18,22H,3,8-9,12H2,1-2H3. The van der Waals surface area contributed by atoms with E-state index in [2.05, 4.69) is 5.32 Å². The van der Waals surface area contributed by atoms with Crippen molar-refractivity contribution in [2.24, 2.45) is 0 Å². The Balaban J connectivity index is 1.93. The fourth-order valence-corrected chi connectivity index (χ4v) is 3.42. The van der Waals surface area contributed by atoms with Crippen molar-refractivity contribution in [1.82, 2.24) is 4.90 Å². The van der Waals surface area contributed by atoms with Crippen LogP contribution >= 0.6 is 0 Å². The van der Waals surface area contributed by atoms with Gasteiger partial charge >= 0.3 is 5.69 Å². The molecule has 28 heavy (non-hydrogen) atoms. The van der Waals surface area contributed by atoms with Crippen LogP contribution in [0, 0.1) is 15.9 Å². The Morgan fingerprint density at radius 2 is 2.14 bits per heavy atom. The fraction of sp³-hybridized carbons (Fsp3) is 0.350. The molecule has 2 aromatic rings. The molecule has 1 unspecified atom stereocenters. The Hall–Kier alpha value is -3.16. The van der Waals surface area contributed by atoms with Crippen LogP contribution < -0.4 is 10.1 Å². The zero-order valence-corrected chi connectivity index (χ0v) is 15.8. The summed E-state index contributed by atoms with van der Waals surface area (Å²) in [6.45, 7) is 4.44. The number of fused-ring (bicyclic) bond motifs is 1. The van der Waals surface area contributed by atoms with Gasteiger partial charge in [0, 0.05) is 37.8 Å². The second-order valence-corrected chi connectivity index (χ2v) is 6.64. The second-order valence-electron chi connectivity index (χ2n) is 6.64. The molecule has 0 bridgehead atoms. The molecule has 0 fully saturated rings. The van der Waals surface area contributed by atoms with E-state index in [-0.39, 0.29) is 29.2 Å². The fourth-order valence-electron chi connectivity index (χ4n) is 3.42. The van der Waals surface area contributed by atoms with Gasteiger partial charge in [0.25, 0.3) is 0 Å². The van der Waals surface area contributed by atoms with Gasteiger partial charge in [0.15, 0.2) is 5.75 Å². The molecule has 0 aliphatic carbocycles. The van der Waals surface area contributed by atoms with E-state index in [1.54, 1.807) is 30.0 Å². The molecule has 7 nitrogen and oxygen atoms in total. The van der Waals surface area contributed by atoms with Gasteiger partial charge in [-0.1, -0.05) is 6.07 Å². The highest BCUT2D eigenvalue weighted by molar-refractivity contribution is 5.73. The van der Waals surface area contributed by atoms with Crippen molar-refractivity contribution in [2.75, 3.05) is 18.5 Å². The smallest absolute Gasteiger partial charge is 0.311 e. The summed E-state index contributed by atoms with van der Waals surface area (Å²) < 4.78 is 19.2. The summed E-state index contributed by atoms with van der Waals surface area (Å²) >= 11 is 0. The van der Waals surface area contributed by atoms with E-state index in [0.717, 1.165) is 11.1 Å². The zero-order valence-electron chi connectivity index (χ0n) is 15.8. The summed E-state index contributed by atoms with van der Waals surface area (Å²) in [5, 5.41) is 14.5. The molecular formula is C20H22FN3O4. The molecule has 3 rings (SSSR count). The number of rotatable bonds is 5. The van der Waals surface area contributed by atoms with E-state index >= 15 is 0 Å². The highest BCUT2D eigenvalue weighted by Gasteiger charge is 2.25. The SMILES string of the molecule is CCOc1cc(NC2CCN(C(C)=O)Cc3cc(F)ccc32)ccc1[N+](=O)[O-]. The molecular weight excluding hydrogens is 365 g/mol. The number of carbonyl (C=O) groups is 1. The van der Waals surface area contributed by atoms with E-state index < -0.39 is 4.92 Å². The van der Waals surface area contributed by atoms with Gasteiger partial charge in [-0.3, -0.25) is 14.9 Å². The Kier molecular flexibility index (Phi) is 5.77. The summed E-state index contributed by atoms with van der Waals surface area (Å²) in [5.74, 6) is -0.225. The van der Waals surface area contributed by atoms with E-state index in [0.29, 0.717) is 31.8 Å². The number of hydrogen-bond donors (Lipinski definition) is 1. The van der Waals surface area contributed by atoms with Crippen LogP contribution in [-0.2, 0) is 11.3 Å². The topological polar surface area (TPSA) is 84.7 Å². The zero-order chi connectivity index (χ0) is 20.3. The van der Waals surface area contributed by atoms with E-state index in [4.69, 9.17) is 4.74 Å². The number of nitrogens with one attached hydrogen (secondary N) is 1. The number of anilines is 1. The molecule has 1 heterocycles. The third-order valence-corrected chi connectivity index (χ3v) is 4.77. The molecule has 1 amide bonds. The highest BCUT2D eigenvalue weighted by Crippen LogP contribution is 2.34. The van der Waals surface area contributed by atoms with Crippen molar-refractivity contribution in [1.29, 1.82) is 0 Å². The van der Waals surface area contributed by atoms with E-state index in [9.17, 15) is 19.3 Å². The minimum absolute atomic E-state index is 0.0650. The van der Waals surface area contributed by atoms with Crippen LogP contribution in [0.2, 0.25) is 0 Å². The van der Waals surface area contributed by atoms with Gasteiger partial charge < -0.3 is 15.0 Å². The van der Waals surface area contributed by atoms with Crippen molar-refractivity contribution in [3.05, 3.63) is 63.5 Å². The quantitative estimate of drug-likeness (QED) is 0.618.